The van der Waals surface area contributed by atoms with Gasteiger partial charge in [0, 0.05) is 30.7 Å². The standard InChI is InChI=1S/C16H15Cl2N3O/c1-10-6-11-4-5-21(9-12(11)8-19-10)16(22)20-13-2-3-14(17)15(18)7-13/h2-3,6-8,19H,1,4-5,9H2,(H,20,22). The van der Waals surface area contributed by atoms with E-state index in [4.69, 9.17) is 23.2 Å². The second-order valence-corrected chi connectivity index (χ2v) is 6.05. The Labute approximate surface area is 139 Å². The Morgan fingerprint density at radius 3 is 2.86 bits per heavy atom. The van der Waals surface area contributed by atoms with Crippen LogP contribution in [0.25, 0.3) is 0 Å². The molecule has 0 bridgehead atoms. The van der Waals surface area contributed by atoms with Crippen LogP contribution in [0.15, 0.2) is 53.9 Å². The van der Waals surface area contributed by atoms with Crippen LogP contribution in [-0.4, -0.2) is 24.0 Å². The van der Waals surface area contributed by atoms with Crippen LogP contribution in [0.3, 0.4) is 0 Å². The van der Waals surface area contributed by atoms with Crippen LogP contribution < -0.4 is 10.6 Å². The van der Waals surface area contributed by atoms with Crippen molar-refractivity contribution in [2.45, 2.75) is 6.42 Å². The Hall–Kier alpha value is -1.91. The number of halogens is 2. The third-order valence-electron chi connectivity index (χ3n) is 3.66. The minimum atomic E-state index is -0.150. The summed E-state index contributed by atoms with van der Waals surface area (Å²) in [5.74, 6) is 0. The van der Waals surface area contributed by atoms with E-state index in [1.54, 1.807) is 23.1 Å². The topological polar surface area (TPSA) is 44.4 Å². The molecule has 2 heterocycles. The molecule has 2 aliphatic heterocycles. The number of hydrogen-bond donors (Lipinski definition) is 2. The highest BCUT2D eigenvalue weighted by atomic mass is 35.5. The molecule has 0 saturated carbocycles. The van der Waals surface area contributed by atoms with E-state index in [1.165, 1.54) is 5.57 Å². The van der Waals surface area contributed by atoms with E-state index in [1.807, 2.05) is 12.3 Å². The van der Waals surface area contributed by atoms with E-state index < -0.39 is 0 Å². The van der Waals surface area contributed by atoms with Crippen molar-refractivity contribution in [3.63, 3.8) is 0 Å². The molecular weight excluding hydrogens is 321 g/mol. The van der Waals surface area contributed by atoms with E-state index >= 15 is 0 Å². The maximum atomic E-state index is 12.4. The number of dihydropyridines is 1. The summed E-state index contributed by atoms with van der Waals surface area (Å²) in [5, 5.41) is 6.81. The van der Waals surface area contributed by atoms with Crippen molar-refractivity contribution in [2.75, 3.05) is 18.4 Å². The number of anilines is 1. The number of carbonyl (C=O) groups excluding carboxylic acids is 1. The Bertz CT molecular complexity index is 709. The normalized spacial score (nSPS) is 17.2. The van der Waals surface area contributed by atoms with E-state index in [9.17, 15) is 4.79 Å². The molecule has 0 radical (unpaired) electrons. The molecule has 1 aromatic rings. The molecule has 22 heavy (non-hydrogen) atoms. The van der Waals surface area contributed by atoms with Crippen molar-refractivity contribution in [2.24, 2.45) is 0 Å². The lowest BCUT2D eigenvalue weighted by Crippen LogP contribution is -2.41. The highest BCUT2D eigenvalue weighted by molar-refractivity contribution is 6.42. The molecule has 4 nitrogen and oxygen atoms in total. The molecular formula is C16H15Cl2N3O. The predicted molar refractivity (Wildman–Crippen MR) is 90.1 cm³/mol. The Kier molecular flexibility index (Phi) is 4.14. The maximum absolute atomic E-state index is 12.4. The lowest BCUT2D eigenvalue weighted by molar-refractivity contribution is 0.213. The first kappa shape index (κ1) is 15.0. The first-order valence-electron chi connectivity index (χ1n) is 6.89. The van der Waals surface area contributed by atoms with Gasteiger partial charge in [0.1, 0.15) is 0 Å². The number of allylic oxidation sites excluding steroid dienone is 1. The Morgan fingerprint density at radius 2 is 2.09 bits per heavy atom. The zero-order valence-corrected chi connectivity index (χ0v) is 13.3. The summed E-state index contributed by atoms with van der Waals surface area (Å²) in [6, 6.07) is 4.88. The van der Waals surface area contributed by atoms with Crippen molar-refractivity contribution in [1.82, 2.24) is 10.2 Å². The van der Waals surface area contributed by atoms with Crippen LogP contribution in [0, 0.1) is 0 Å². The zero-order valence-electron chi connectivity index (χ0n) is 11.8. The van der Waals surface area contributed by atoms with Gasteiger partial charge in [0.2, 0.25) is 0 Å². The number of nitrogens with one attached hydrogen (secondary N) is 2. The first-order chi connectivity index (χ1) is 10.5. The zero-order chi connectivity index (χ0) is 15.7. The van der Waals surface area contributed by atoms with Gasteiger partial charge in [-0.15, -0.1) is 0 Å². The fourth-order valence-corrected chi connectivity index (χ4v) is 2.79. The number of piperidine rings is 1. The highest BCUT2D eigenvalue weighted by Gasteiger charge is 2.24. The van der Waals surface area contributed by atoms with Gasteiger partial charge in [-0.1, -0.05) is 29.8 Å². The third kappa shape index (κ3) is 3.13. The summed E-state index contributed by atoms with van der Waals surface area (Å²) in [5.41, 5.74) is 3.86. The van der Waals surface area contributed by atoms with Gasteiger partial charge in [-0.3, -0.25) is 0 Å². The maximum Gasteiger partial charge on any atom is 0.322 e. The monoisotopic (exact) mass is 335 g/mol. The molecule has 1 fully saturated rings. The minimum absolute atomic E-state index is 0.150. The third-order valence-corrected chi connectivity index (χ3v) is 4.40. The van der Waals surface area contributed by atoms with Crippen LogP contribution in [0.2, 0.25) is 10.0 Å². The predicted octanol–water partition coefficient (Wildman–Crippen LogP) is 4.16. The average Bonchev–Trinajstić information content (AvgIpc) is 2.50. The molecule has 0 aliphatic carbocycles. The van der Waals surface area contributed by atoms with Gasteiger partial charge in [-0.25, -0.2) is 4.79 Å². The number of carbonyl (C=O) groups is 1. The van der Waals surface area contributed by atoms with Gasteiger partial charge < -0.3 is 15.5 Å². The van der Waals surface area contributed by atoms with Crippen molar-refractivity contribution in [3.05, 3.63) is 63.9 Å². The molecule has 0 unspecified atom stereocenters. The molecule has 0 atom stereocenters. The van der Waals surface area contributed by atoms with Gasteiger partial charge in [0.25, 0.3) is 0 Å². The van der Waals surface area contributed by atoms with Crippen LogP contribution in [-0.2, 0) is 0 Å². The number of fused-ring (bicyclic) bond motifs is 1. The number of likely N-dealkylation sites (tertiary alicyclic amines) is 1. The summed E-state index contributed by atoms with van der Waals surface area (Å²) in [4.78, 5) is 14.1. The summed E-state index contributed by atoms with van der Waals surface area (Å²) in [7, 11) is 0. The van der Waals surface area contributed by atoms with Gasteiger partial charge in [-0.05, 0) is 41.8 Å². The SMILES string of the molecule is C=C1C=C2CCN(C(=O)Nc3ccc(Cl)c(Cl)c3)CC2=CN1. The molecule has 6 heteroatoms. The molecule has 2 N–H and O–H groups in total. The molecule has 0 aromatic heterocycles. The van der Waals surface area contributed by atoms with E-state index in [0.717, 1.165) is 17.7 Å². The van der Waals surface area contributed by atoms with Crippen LogP contribution in [0.1, 0.15) is 6.42 Å². The highest BCUT2D eigenvalue weighted by Crippen LogP contribution is 2.27. The fraction of sp³-hybridized carbons (Fsp3) is 0.188. The smallest absolute Gasteiger partial charge is 0.322 e. The van der Waals surface area contributed by atoms with Crippen molar-refractivity contribution >= 4 is 34.9 Å². The van der Waals surface area contributed by atoms with Gasteiger partial charge in [0.05, 0.1) is 10.0 Å². The molecule has 0 spiro atoms. The molecule has 2 aliphatic rings. The lowest BCUT2D eigenvalue weighted by Gasteiger charge is -2.32. The molecule has 3 rings (SSSR count). The van der Waals surface area contributed by atoms with Crippen molar-refractivity contribution in [1.29, 1.82) is 0 Å². The van der Waals surface area contributed by atoms with Crippen molar-refractivity contribution < 1.29 is 4.79 Å². The van der Waals surface area contributed by atoms with Crippen LogP contribution in [0.4, 0.5) is 10.5 Å². The second kappa shape index (κ2) is 6.07. The summed E-state index contributed by atoms with van der Waals surface area (Å²) < 4.78 is 0. The Morgan fingerprint density at radius 1 is 1.27 bits per heavy atom. The van der Waals surface area contributed by atoms with Gasteiger partial charge in [0.15, 0.2) is 0 Å². The van der Waals surface area contributed by atoms with Gasteiger partial charge in [-0.2, -0.15) is 0 Å². The summed E-state index contributed by atoms with van der Waals surface area (Å²) in [6.07, 6.45) is 4.77. The van der Waals surface area contributed by atoms with Crippen molar-refractivity contribution in [3.8, 4) is 0 Å². The number of benzene rings is 1. The van der Waals surface area contributed by atoms with E-state index in [2.05, 4.69) is 17.2 Å². The largest absolute Gasteiger partial charge is 0.362 e. The Balaban J connectivity index is 1.67. The number of amides is 2. The first-order valence-corrected chi connectivity index (χ1v) is 7.65. The molecule has 2 amide bonds. The van der Waals surface area contributed by atoms with E-state index in [-0.39, 0.29) is 6.03 Å². The fourth-order valence-electron chi connectivity index (χ4n) is 2.49. The van der Waals surface area contributed by atoms with Crippen LogP contribution >= 0.6 is 23.2 Å². The minimum Gasteiger partial charge on any atom is -0.362 e. The quantitative estimate of drug-likeness (QED) is 0.809. The number of urea groups is 1. The average molecular weight is 336 g/mol. The number of nitrogens with zero attached hydrogens (tertiary/aromatic N) is 1. The second-order valence-electron chi connectivity index (χ2n) is 5.24. The molecule has 1 aromatic carbocycles. The van der Waals surface area contributed by atoms with Gasteiger partial charge >= 0.3 is 6.03 Å². The van der Waals surface area contributed by atoms with E-state index in [0.29, 0.717) is 28.8 Å². The molecule has 1 saturated heterocycles. The lowest BCUT2D eigenvalue weighted by atomic mass is 9.96. The number of rotatable bonds is 1. The van der Waals surface area contributed by atoms with Crippen LogP contribution in [0.5, 0.6) is 0 Å². The summed E-state index contributed by atoms with van der Waals surface area (Å²) in [6.45, 7) is 5.12. The molecule has 114 valence electrons. The summed E-state index contributed by atoms with van der Waals surface area (Å²) >= 11 is 11.8. The number of hydrogen-bond acceptors (Lipinski definition) is 2.